The molecule has 1 aliphatic rings. The highest BCUT2D eigenvalue weighted by atomic mass is 16.5. The van der Waals surface area contributed by atoms with Gasteiger partial charge in [-0.2, -0.15) is 0 Å². The third-order valence-corrected chi connectivity index (χ3v) is 4.64. The maximum Gasteiger partial charge on any atom is 0.0593 e. The Morgan fingerprint density at radius 3 is 2.71 bits per heavy atom. The molecule has 0 aromatic carbocycles. The van der Waals surface area contributed by atoms with Gasteiger partial charge in [0, 0.05) is 52.0 Å². The number of hydrogen-bond acceptors (Lipinski definition) is 4. The fourth-order valence-corrected chi connectivity index (χ4v) is 3.12. The van der Waals surface area contributed by atoms with Gasteiger partial charge in [-0.3, -0.25) is 4.90 Å². The van der Waals surface area contributed by atoms with Gasteiger partial charge in [0.05, 0.1) is 6.61 Å². The third kappa shape index (κ3) is 7.09. The maximum absolute atomic E-state index is 5.75. The van der Waals surface area contributed by atoms with Crippen molar-refractivity contribution < 1.29 is 9.47 Å². The van der Waals surface area contributed by atoms with Crippen molar-refractivity contribution >= 4 is 0 Å². The maximum atomic E-state index is 5.75. The van der Waals surface area contributed by atoms with E-state index in [1.165, 1.54) is 25.8 Å². The van der Waals surface area contributed by atoms with Crippen LogP contribution in [-0.4, -0.2) is 63.5 Å². The standard InChI is InChI=1S/C17H36N2O2/c1-5-8-16-14-19(9-12-21-11-7-10-20-4)17(13-18-16)15(3)6-2/h15-18H,5-14H2,1-4H3. The Morgan fingerprint density at radius 2 is 2.05 bits per heavy atom. The molecule has 0 radical (unpaired) electrons. The van der Waals surface area contributed by atoms with E-state index in [0.717, 1.165) is 45.2 Å². The highest BCUT2D eigenvalue weighted by Gasteiger charge is 2.29. The van der Waals surface area contributed by atoms with E-state index in [1.54, 1.807) is 7.11 Å². The molecule has 1 saturated heterocycles. The highest BCUT2D eigenvalue weighted by molar-refractivity contribution is 4.88. The zero-order valence-electron chi connectivity index (χ0n) is 14.6. The summed E-state index contributed by atoms with van der Waals surface area (Å²) in [6, 6.07) is 1.31. The molecule has 0 aromatic rings. The summed E-state index contributed by atoms with van der Waals surface area (Å²) in [5, 5.41) is 3.73. The van der Waals surface area contributed by atoms with Gasteiger partial charge in [-0.1, -0.05) is 33.6 Å². The predicted octanol–water partition coefficient (Wildman–Crippen LogP) is 2.53. The van der Waals surface area contributed by atoms with Gasteiger partial charge in [0.15, 0.2) is 0 Å². The minimum absolute atomic E-state index is 0.656. The van der Waals surface area contributed by atoms with E-state index in [9.17, 15) is 0 Å². The summed E-state index contributed by atoms with van der Waals surface area (Å²) in [5.41, 5.74) is 0. The van der Waals surface area contributed by atoms with E-state index in [1.807, 2.05) is 0 Å². The van der Waals surface area contributed by atoms with Crippen LogP contribution in [0.2, 0.25) is 0 Å². The number of hydrogen-bond donors (Lipinski definition) is 1. The number of nitrogens with one attached hydrogen (secondary N) is 1. The van der Waals surface area contributed by atoms with Crippen LogP contribution >= 0.6 is 0 Å². The van der Waals surface area contributed by atoms with Crippen molar-refractivity contribution in [1.82, 2.24) is 10.2 Å². The molecule has 0 bridgehead atoms. The Kier molecular flexibility index (Phi) is 10.3. The van der Waals surface area contributed by atoms with Gasteiger partial charge in [0.25, 0.3) is 0 Å². The van der Waals surface area contributed by atoms with E-state index in [-0.39, 0.29) is 0 Å². The molecule has 0 saturated carbocycles. The molecular weight excluding hydrogens is 264 g/mol. The van der Waals surface area contributed by atoms with Crippen molar-refractivity contribution in [3.63, 3.8) is 0 Å². The van der Waals surface area contributed by atoms with E-state index in [0.29, 0.717) is 12.1 Å². The van der Waals surface area contributed by atoms with Crippen molar-refractivity contribution in [2.45, 2.75) is 58.5 Å². The van der Waals surface area contributed by atoms with E-state index in [2.05, 4.69) is 31.0 Å². The van der Waals surface area contributed by atoms with E-state index >= 15 is 0 Å². The number of ether oxygens (including phenoxy) is 2. The molecule has 1 fully saturated rings. The molecule has 0 spiro atoms. The summed E-state index contributed by atoms with van der Waals surface area (Å²) in [7, 11) is 1.74. The third-order valence-electron chi connectivity index (χ3n) is 4.64. The van der Waals surface area contributed by atoms with Crippen LogP contribution in [0.25, 0.3) is 0 Å². The second-order valence-corrected chi connectivity index (χ2v) is 6.30. The quantitative estimate of drug-likeness (QED) is 0.595. The van der Waals surface area contributed by atoms with Crippen LogP contribution in [0.5, 0.6) is 0 Å². The van der Waals surface area contributed by atoms with Crippen molar-refractivity contribution in [3.8, 4) is 0 Å². The number of piperazine rings is 1. The smallest absolute Gasteiger partial charge is 0.0593 e. The van der Waals surface area contributed by atoms with Crippen LogP contribution in [0.1, 0.15) is 46.5 Å². The predicted molar refractivity (Wildman–Crippen MR) is 88.8 cm³/mol. The zero-order valence-corrected chi connectivity index (χ0v) is 14.6. The fraction of sp³-hybridized carbons (Fsp3) is 1.00. The fourth-order valence-electron chi connectivity index (χ4n) is 3.12. The summed E-state index contributed by atoms with van der Waals surface area (Å²) in [6.07, 6.45) is 4.77. The van der Waals surface area contributed by atoms with Crippen molar-refractivity contribution in [2.24, 2.45) is 5.92 Å². The lowest BCUT2D eigenvalue weighted by Crippen LogP contribution is -2.59. The van der Waals surface area contributed by atoms with Gasteiger partial charge in [-0.05, 0) is 18.8 Å². The average Bonchev–Trinajstić information content (AvgIpc) is 2.50. The molecule has 1 N–H and O–H groups in total. The van der Waals surface area contributed by atoms with E-state index < -0.39 is 0 Å². The SMILES string of the molecule is CCCC1CN(CCOCCCOC)C(C(C)CC)CN1. The Bertz CT molecular complexity index is 251. The summed E-state index contributed by atoms with van der Waals surface area (Å²) in [4.78, 5) is 2.65. The Hall–Kier alpha value is -0.160. The first kappa shape index (κ1) is 18.9. The molecule has 0 aromatic heterocycles. The molecule has 1 aliphatic heterocycles. The van der Waals surface area contributed by atoms with Gasteiger partial charge < -0.3 is 14.8 Å². The average molecular weight is 300 g/mol. The Balaban J connectivity index is 2.35. The largest absolute Gasteiger partial charge is 0.385 e. The van der Waals surface area contributed by atoms with Gasteiger partial charge in [0.1, 0.15) is 0 Å². The van der Waals surface area contributed by atoms with Crippen LogP contribution in [-0.2, 0) is 9.47 Å². The first-order valence-electron chi connectivity index (χ1n) is 8.77. The molecule has 126 valence electrons. The van der Waals surface area contributed by atoms with Gasteiger partial charge >= 0.3 is 0 Å². The highest BCUT2D eigenvalue weighted by Crippen LogP contribution is 2.19. The van der Waals surface area contributed by atoms with Crippen LogP contribution in [0.3, 0.4) is 0 Å². The second kappa shape index (κ2) is 11.4. The van der Waals surface area contributed by atoms with Gasteiger partial charge in [-0.15, -0.1) is 0 Å². The summed E-state index contributed by atoms with van der Waals surface area (Å²) >= 11 is 0. The zero-order chi connectivity index (χ0) is 15.5. The molecule has 4 nitrogen and oxygen atoms in total. The molecule has 21 heavy (non-hydrogen) atoms. The molecule has 3 unspecified atom stereocenters. The lowest BCUT2D eigenvalue weighted by molar-refractivity contribution is 0.0399. The number of nitrogens with zero attached hydrogens (tertiary/aromatic N) is 1. The van der Waals surface area contributed by atoms with Crippen molar-refractivity contribution in [2.75, 3.05) is 46.6 Å². The van der Waals surface area contributed by atoms with Crippen molar-refractivity contribution in [3.05, 3.63) is 0 Å². The molecule has 4 heteroatoms. The Morgan fingerprint density at radius 1 is 1.24 bits per heavy atom. The normalized spacial score (nSPS) is 25.1. The molecule has 0 aliphatic carbocycles. The van der Waals surface area contributed by atoms with Gasteiger partial charge in [-0.25, -0.2) is 0 Å². The molecule has 1 rings (SSSR count). The van der Waals surface area contributed by atoms with Crippen LogP contribution < -0.4 is 5.32 Å². The molecule has 3 atom stereocenters. The van der Waals surface area contributed by atoms with Crippen molar-refractivity contribution in [1.29, 1.82) is 0 Å². The first-order valence-corrected chi connectivity index (χ1v) is 8.77. The summed E-state index contributed by atoms with van der Waals surface area (Å²) in [5.74, 6) is 0.744. The number of methoxy groups -OCH3 is 1. The monoisotopic (exact) mass is 300 g/mol. The van der Waals surface area contributed by atoms with E-state index in [4.69, 9.17) is 9.47 Å². The van der Waals surface area contributed by atoms with Crippen LogP contribution in [0.15, 0.2) is 0 Å². The summed E-state index contributed by atoms with van der Waals surface area (Å²) in [6.45, 7) is 12.7. The lowest BCUT2D eigenvalue weighted by atomic mass is 9.93. The topological polar surface area (TPSA) is 33.7 Å². The van der Waals surface area contributed by atoms with Crippen LogP contribution in [0.4, 0.5) is 0 Å². The summed E-state index contributed by atoms with van der Waals surface area (Å²) < 4.78 is 10.8. The lowest BCUT2D eigenvalue weighted by Gasteiger charge is -2.43. The first-order chi connectivity index (χ1) is 10.2. The molecule has 1 heterocycles. The second-order valence-electron chi connectivity index (χ2n) is 6.30. The number of rotatable bonds is 11. The Labute approximate surface area is 131 Å². The molecule has 0 amide bonds. The van der Waals surface area contributed by atoms with Gasteiger partial charge in [0.2, 0.25) is 0 Å². The minimum Gasteiger partial charge on any atom is -0.385 e. The molecular formula is C17H36N2O2. The van der Waals surface area contributed by atoms with Crippen LogP contribution in [0, 0.1) is 5.92 Å². The minimum atomic E-state index is 0.656.